The van der Waals surface area contributed by atoms with Crippen molar-refractivity contribution in [2.45, 2.75) is 51.1 Å². The largest absolute Gasteiger partial charge is 0.391 e. The van der Waals surface area contributed by atoms with Crippen LogP contribution in [0.1, 0.15) is 44.9 Å². The zero-order chi connectivity index (χ0) is 13.3. The third kappa shape index (κ3) is 8.75. The van der Waals surface area contributed by atoms with Crippen LogP contribution in [0.15, 0.2) is 0 Å². The first kappa shape index (κ1) is 15.8. The molecule has 5 heteroatoms. The zero-order valence-corrected chi connectivity index (χ0v) is 10.9. The molecule has 1 fully saturated rings. The first-order valence-electron chi connectivity index (χ1n) is 6.93. The molecule has 0 aliphatic carbocycles. The molecular weight excluding hydrogens is 243 g/mol. The lowest BCUT2D eigenvalue weighted by Gasteiger charge is -2.22. The molecule has 0 bridgehead atoms. The van der Waals surface area contributed by atoms with Crippen molar-refractivity contribution in [1.29, 1.82) is 0 Å². The molecule has 0 aromatic carbocycles. The van der Waals surface area contributed by atoms with Gasteiger partial charge in [0.15, 0.2) is 0 Å². The lowest BCUT2D eigenvalue weighted by Crippen LogP contribution is -2.27. The van der Waals surface area contributed by atoms with Crippen molar-refractivity contribution in [2.24, 2.45) is 5.92 Å². The predicted molar refractivity (Wildman–Crippen MR) is 65.6 cm³/mol. The third-order valence-electron chi connectivity index (χ3n) is 3.39. The van der Waals surface area contributed by atoms with E-state index >= 15 is 0 Å². The fourth-order valence-electron chi connectivity index (χ4n) is 2.27. The molecule has 18 heavy (non-hydrogen) atoms. The summed E-state index contributed by atoms with van der Waals surface area (Å²) >= 11 is 0. The normalized spacial score (nSPS) is 18.2. The maximum Gasteiger partial charge on any atom is 0.391 e. The molecule has 1 rings (SSSR count). The molecule has 1 saturated heterocycles. The zero-order valence-electron chi connectivity index (χ0n) is 10.9. The predicted octanol–water partition coefficient (Wildman–Crippen LogP) is 3.52. The Morgan fingerprint density at radius 3 is 2.39 bits per heavy atom. The van der Waals surface area contributed by atoms with Crippen LogP contribution in [0.5, 0.6) is 0 Å². The number of alkyl halides is 3. The van der Waals surface area contributed by atoms with Gasteiger partial charge in [0, 0.05) is 6.61 Å². The van der Waals surface area contributed by atoms with Crippen molar-refractivity contribution in [3.8, 4) is 0 Å². The molecular formula is C13H24F3NO. The van der Waals surface area contributed by atoms with Gasteiger partial charge in [0.2, 0.25) is 0 Å². The van der Waals surface area contributed by atoms with Crippen LogP contribution in [-0.2, 0) is 4.74 Å². The number of halogens is 3. The van der Waals surface area contributed by atoms with E-state index in [1.165, 1.54) is 25.7 Å². The monoisotopic (exact) mass is 267 g/mol. The molecule has 0 saturated carbocycles. The van der Waals surface area contributed by atoms with Gasteiger partial charge in [0.1, 0.15) is 0 Å². The summed E-state index contributed by atoms with van der Waals surface area (Å²) in [6.45, 7) is 2.52. The van der Waals surface area contributed by atoms with Crippen molar-refractivity contribution < 1.29 is 17.9 Å². The van der Waals surface area contributed by atoms with E-state index in [1.807, 2.05) is 0 Å². The lowest BCUT2D eigenvalue weighted by molar-refractivity contribution is -0.145. The molecule has 1 N–H and O–H groups in total. The van der Waals surface area contributed by atoms with Crippen molar-refractivity contribution in [3.05, 3.63) is 0 Å². The van der Waals surface area contributed by atoms with Gasteiger partial charge in [-0.15, -0.1) is 0 Å². The van der Waals surface area contributed by atoms with Crippen LogP contribution in [-0.4, -0.2) is 32.5 Å². The molecule has 0 amide bonds. The average molecular weight is 267 g/mol. The fourth-order valence-corrected chi connectivity index (χ4v) is 2.27. The van der Waals surface area contributed by atoms with Gasteiger partial charge in [-0.05, 0) is 38.3 Å². The van der Waals surface area contributed by atoms with Crippen molar-refractivity contribution >= 4 is 0 Å². The van der Waals surface area contributed by atoms with Crippen LogP contribution in [0.3, 0.4) is 0 Å². The first-order valence-corrected chi connectivity index (χ1v) is 6.93. The Kier molecular flexibility index (Phi) is 7.66. The maximum atomic E-state index is 11.8. The highest BCUT2D eigenvalue weighted by atomic mass is 19.4. The van der Waals surface area contributed by atoms with Crippen LogP contribution < -0.4 is 5.32 Å². The molecule has 0 aromatic heterocycles. The highest BCUT2D eigenvalue weighted by molar-refractivity contribution is 4.68. The number of unbranched alkanes of at least 4 members (excludes halogenated alkanes) is 2. The highest BCUT2D eigenvalue weighted by Crippen LogP contribution is 2.20. The fraction of sp³-hybridized carbons (Fsp3) is 1.00. The Bertz CT molecular complexity index is 203. The minimum Gasteiger partial charge on any atom is -0.381 e. The summed E-state index contributed by atoms with van der Waals surface area (Å²) in [5.41, 5.74) is 0. The summed E-state index contributed by atoms with van der Waals surface area (Å²) < 4.78 is 40.4. The Morgan fingerprint density at radius 1 is 1.00 bits per heavy atom. The minimum absolute atomic E-state index is 0.197. The van der Waals surface area contributed by atoms with Gasteiger partial charge in [-0.1, -0.05) is 19.3 Å². The molecule has 1 aliphatic rings. The Morgan fingerprint density at radius 2 is 1.72 bits per heavy atom. The van der Waals surface area contributed by atoms with Gasteiger partial charge < -0.3 is 10.1 Å². The van der Waals surface area contributed by atoms with Crippen LogP contribution in [0, 0.1) is 5.92 Å². The van der Waals surface area contributed by atoms with Gasteiger partial charge in [0.25, 0.3) is 0 Å². The van der Waals surface area contributed by atoms with E-state index in [0.717, 1.165) is 31.8 Å². The lowest BCUT2D eigenvalue weighted by atomic mass is 9.92. The Labute approximate surface area is 107 Å². The average Bonchev–Trinajstić information content (AvgIpc) is 2.32. The minimum atomic E-state index is -4.09. The standard InChI is InChI=1S/C13H24F3NO/c14-13(15,16)7-11-18-10-3-1-2-4-12-5-8-17-9-6-12/h12,17H,1-11H2. The highest BCUT2D eigenvalue weighted by Gasteiger charge is 2.26. The number of rotatable bonds is 8. The summed E-state index contributed by atoms with van der Waals surface area (Å²) in [7, 11) is 0. The smallest absolute Gasteiger partial charge is 0.381 e. The van der Waals surface area contributed by atoms with Gasteiger partial charge in [-0.2, -0.15) is 13.2 Å². The summed E-state index contributed by atoms with van der Waals surface area (Å²) in [6, 6.07) is 0. The quantitative estimate of drug-likeness (QED) is 0.679. The van der Waals surface area contributed by atoms with E-state index in [2.05, 4.69) is 5.32 Å². The second-order valence-electron chi connectivity index (χ2n) is 5.02. The van der Waals surface area contributed by atoms with Crippen molar-refractivity contribution in [2.75, 3.05) is 26.3 Å². The number of hydrogen-bond donors (Lipinski definition) is 1. The van der Waals surface area contributed by atoms with Gasteiger partial charge in [-0.3, -0.25) is 0 Å². The first-order chi connectivity index (χ1) is 8.58. The van der Waals surface area contributed by atoms with E-state index in [4.69, 9.17) is 4.74 Å². The van der Waals surface area contributed by atoms with Gasteiger partial charge in [-0.25, -0.2) is 0 Å². The summed E-state index contributed by atoms with van der Waals surface area (Å²) in [5.74, 6) is 0.845. The molecule has 0 atom stereocenters. The van der Waals surface area contributed by atoms with Crippen LogP contribution in [0.4, 0.5) is 13.2 Å². The van der Waals surface area contributed by atoms with E-state index in [1.54, 1.807) is 0 Å². The summed E-state index contributed by atoms with van der Waals surface area (Å²) in [4.78, 5) is 0. The molecule has 0 radical (unpaired) electrons. The molecule has 1 heterocycles. The van der Waals surface area contributed by atoms with Crippen LogP contribution in [0.2, 0.25) is 0 Å². The Balaban J connectivity index is 1.81. The van der Waals surface area contributed by atoms with Gasteiger partial charge in [0.05, 0.1) is 13.0 Å². The molecule has 0 aromatic rings. The summed E-state index contributed by atoms with van der Waals surface area (Å²) in [5, 5.41) is 3.34. The number of ether oxygens (including phenoxy) is 1. The van der Waals surface area contributed by atoms with Crippen LogP contribution >= 0.6 is 0 Å². The SMILES string of the molecule is FC(F)(F)CCOCCCCCC1CCNCC1. The summed E-state index contributed by atoms with van der Waals surface area (Å²) in [6.07, 6.45) is 1.98. The van der Waals surface area contributed by atoms with E-state index in [9.17, 15) is 13.2 Å². The van der Waals surface area contributed by atoms with Crippen LogP contribution in [0.25, 0.3) is 0 Å². The molecule has 0 spiro atoms. The second kappa shape index (κ2) is 8.75. The van der Waals surface area contributed by atoms with E-state index in [-0.39, 0.29) is 6.61 Å². The van der Waals surface area contributed by atoms with E-state index < -0.39 is 12.6 Å². The number of nitrogens with one attached hydrogen (secondary N) is 1. The van der Waals surface area contributed by atoms with Crippen molar-refractivity contribution in [3.63, 3.8) is 0 Å². The second-order valence-corrected chi connectivity index (χ2v) is 5.02. The topological polar surface area (TPSA) is 21.3 Å². The third-order valence-corrected chi connectivity index (χ3v) is 3.39. The van der Waals surface area contributed by atoms with Gasteiger partial charge >= 0.3 is 6.18 Å². The van der Waals surface area contributed by atoms with Crippen molar-refractivity contribution in [1.82, 2.24) is 5.32 Å². The number of hydrogen-bond acceptors (Lipinski definition) is 2. The molecule has 108 valence electrons. The Hall–Kier alpha value is -0.290. The maximum absolute atomic E-state index is 11.8. The number of piperidine rings is 1. The molecule has 2 nitrogen and oxygen atoms in total. The molecule has 0 unspecified atom stereocenters. The van der Waals surface area contributed by atoms with E-state index in [0.29, 0.717) is 6.61 Å². The molecule has 1 aliphatic heterocycles.